The molecule has 0 fully saturated rings. The summed E-state index contributed by atoms with van der Waals surface area (Å²) in [5.41, 5.74) is 0.836. The zero-order chi connectivity index (χ0) is 8.97. The van der Waals surface area contributed by atoms with Gasteiger partial charge in [0.15, 0.2) is 0 Å². The van der Waals surface area contributed by atoms with Gasteiger partial charge in [-0.15, -0.1) is 0 Å². The number of aromatic nitrogens is 1. The average Bonchev–Trinajstić information content (AvgIpc) is 2.51. The first kappa shape index (κ1) is 8.73. The molecule has 0 aliphatic heterocycles. The van der Waals surface area contributed by atoms with E-state index in [1.54, 1.807) is 13.1 Å². The van der Waals surface area contributed by atoms with Crippen LogP contribution in [0.15, 0.2) is 17.0 Å². The Bertz CT molecular complexity index is 245. The van der Waals surface area contributed by atoms with Gasteiger partial charge in [-0.2, -0.15) is 0 Å². The molecule has 0 aliphatic rings. The Balaban J connectivity index is 2.31. The Labute approximate surface area is 69.4 Å². The minimum atomic E-state index is -0.869. The molecule has 1 heterocycles. The van der Waals surface area contributed by atoms with Gasteiger partial charge in [0.05, 0.1) is 6.20 Å². The quantitative estimate of drug-likeness (QED) is 0.676. The lowest BCUT2D eigenvalue weighted by Crippen LogP contribution is -2.32. The van der Waals surface area contributed by atoms with E-state index in [1.807, 2.05) is 0 Å². The van der Waals surface area contributed by atoms with Crippen molar-refractivity contribution >= 4 is 5.97 Å². The molecule has 12 heavy (non-hydrogen) atoms. The molecule has 0 radical (unpaired) electrons. The number of nitrogens with one attached hydrogen (secondary N) is 1. The summed E-state index contributed by atoms with van der Waals surface area (Å²) < 4.78 is 4.57. The highest BCUT2D eigenvalue weighted by Gasteiger charge is 2.09. The molecular formula is C7H10N2O3. The second kappa shape index (κ2) is 3.87. The van der Waals surface area contributed by atoms with Crippen LogP contribution in [0.5, 0.6) is 0 Å². The molecule has 1 rings (SSSR count). The molecule has 0 spiro atoms. The van der Waals surface area contributed by atoms with Gasteiger partial charge in [-0.1, -0.05) is 5.16 Å². The molecule has 0 aromatic carbocycles. The van der Waals surface area contributed by atoms with Crippen molar-refractivity contribution in [1.29, 1.82) is 0 Å². The van der Waals surface area contributed by atoms with Crippen LogP contribution in [0.25, 0.3) is 0 Å². The lowest BCUT2D eigenvalue weighted by Gasteiger charge is -2.06. The minimum Gasteiger partial charge on any atom is -0.480 e. The van der Waals surface area contributed by atoms with Gasteiger partial charge in [0.2, 0.25) is 0 Å². The van der Waals surface area contributed by atoms with Gasteiger partial charge >= 0.3 is 5.97 Å². The smallest absolute Gasteiger partial charge is 0.320 e. The maximum atomic E-state index is 10.4. The summed E-state index contributed by atoms with van der Waals surface area (Å²) in [6.07, 6.45) is 3.02. The fraction of sp³-hybridized carbons (Fsp3) is 0.429. The van der Waals surface area contributed by atoms with Gasteiger partial charge in [-0.05, 0) is 6.92 Å². The van der Waals surface area contributed by atoms with Gasteiger partial charge in [0, 0.05) is 12.1 Å². The van der Waals surface area contributed by atoms with Crippen LogP contribution in [0.2, 0.25) is 0 Å². The van der Waals surface area contributed by atoms with E-state index in [0.29, 0.717) is 6.54 Å². The summed E-state index contributed by atoms with van der Waals surface area (Å²) in [5, 5.41) is 14.8. The van der Waals surface area contributed by atoms with Crippen LogP contribution in [0.3, 0.4) is 0 Å². The van der Waals surface area contributed by atoms with Crippen LogP contribution in [-0.4, -0.2) is 22.3 Å². The predicted octanol–water partition coefficient (Wildman–Crippen LogP) is 0.237. The Morgan fingerprint density at radius 1 is 1.92 bits per heavy atom. The van der Waals surface area contributed by atoms with E-state index in [-0.39, 0.29) is 0 Å². The first-order chi connectivity index (χ1) is 5.70. The molecule has 0 saturated heterocycles. The van der Waals surface area contributed by atoms with E-state index in [0.717, 1.165) is 5.56 Å². The molecule has 0 bridgehead atoms. The highest BCUT2D eigenvalue weighted by Crippen LogP contribution is 1.95. The summed E-state index contributed by atoms with van der Waals surface area (Å²) in [6, 6.07) is -0.556. The normalized spacial score (nSPS) is 12.8. The number of hydrogen-bond donors (Lipinski definition) is 2. The topological polar surface area (TPSA) is 75.4 Å². The Hall–Kier alpha value is -1.36. The number of hydrogen-bond acceptors (Lipinski definition) is 4. The number of carboxylic acid groups (broad SMARTS) is 1. The van der Waals surface area contributed by atoms with E-state index in [4.69, 9.17) is 5.11 Å². The fourth-order valence-electron chi connectivity index (χ4n) is 0.672. The van der Waals surface area contributed by atoms with Crippen molar-refractivity contribution in [2.45, 2.75) is 19.5 Å². The molecule has 1 unspecified atom stereocenters. The molecular weight excluding hydrogens is 160 g/mol. The second-order valence-corrected chi connectivity index (χ2v) is 2.47. The van der Waals surface area contributed by atoms with Crippen LogP contribution < -0.4 is 5.32 Å². The second-order valence-electron chi connectivity index (χ2n) is 2.47. The van der Waals surface area contributed by atoms with Crippen LogP contribution in [0.1, 0.15) is 12.5 Å². The molecule has 0 saturated carbocycles. The first-order valence-corrected chi connectivity index (χ1v) is 3.54. The van der Waals surface area contributed by atoms with E-state index < -0.39 is 12.0 Å². The van der Waals surface area contributed by atoms with Crippen LogP contribution >= 0.6 is 0 Å². The lowest BCUT2D eigenvalue weighted by molar-refractivity contribution is -0.139. The summed E-state index contributed by atoms with van der Waals surface area (Å²) in [7, 11) is 0. The number of carbonyl (C=O) groups is 1. The predicted molar refractivity (Wildman–Crippen MR) is 40.4 cm³/mol. The van der Waals surface area contributed by atoms with Crippen LogP contribution in [-0.2, 0) is 11.3 Å². The van der Waals surface area contributed by atoms with Gasteiger partial charge in [0.25, 0.3) is 0 Å². The third-order valence-corrected chi connectivity index (χ3v) is 1.47. The third kappa shape index (κ3) is 2.35. The highest BCUT2D eigenvalue weighted by atomic mass is 16.5. The molecule has 5 heteroatoms. The zero-order valence-corrected chi connectivity index (χ0v) is 6.65. The largest absolute Gasteiger partial charge is 0.480 e. The fourth-order valence-corrected chi connectivity index (χ4v) is 0.672. The monoisotopic (exact) mass is 170 g/mol. The molecule has 1 aromatic rings. The number of carboxylic acids is 1. The molecule has 2 N–H and O–H groups in total. The summed E-state index contributed by atoms with van der Waals surface area (Å²) in [5.74, 6) is -0.869. The lowest BCUT2D eigenvalue weighted by atomic mass is 10.3. The molecule has 0 aliphatic carbocycles. The Morgan fingerprint density at radius 2 is 2.67 bits per heavy atom. The molecule has 1 atom stereocenters. The minimum absolute atomic E-state index is 0.455. The Kier molecular flexibility index (Phi) is 2.82. The van der Waals surface area contributed by atoms with Crippen molar-refractivity contribution in [2.75, 3.05) is 0 Å². The number of rotatable bonds is 4. The van der Waals surface area contributed by atoms with Crippen molar-refractivity contribution in [1.82, 2.24) is 10.5 Å². The summed E-state index contributed by atoms with van der Waals surface area (Å²) in [4.78, 5) is 10.4. The van der Waals surface area contributed by atoms with E-state index >= 15 is 0 Å². The maximum Gasteiger partial charge on any atom is 0.320 e. The van der Waals surface area contributed by atoms with Gasteiger partial charge in [-0.25, -0.2) is 0 Å². The van der Waals surface area contributed by atoms with Crippen LogP contribution in [0, 0.1) is 0 Å². The van der Waals surface area contributed by atoms with Crippen molar-refractivity contribution in [3.05, 3.63) is 18.0 Å². The summed E-state index contributed by atoms with van der Waals surface area (Å²) >= 11 is 0. The van der Waals surface area contributed by atoms with Crippen LogP contribution in [0.4, 0.5) is 0 Å². The van der Waals surface area contributed by atoms with E-state index in [1.165, 1.54) is 6.26 Å². The third-order valence-electron chi connectivity index (χ3n) is 1.47. The molecule has 0 amide bonds. The maximum absolute atomic E-state index is 10.4. The molecule has 66 valence electrons. The van der Waals surface area contributed by atoms with Crippen molar-refractivity contribution in [3.8, 4) is 0 Å². The SMILES string of the molecule is CC(NCc1cnoc1)C(=O)O. The molecule has 5 nitrogen and oxygen atoms in total. The standard InChI is InChI=1S/C7H10N2O3/c1-5(7(10)11)8-2-6-3-9-12-4-6/h3-5,8H,2H2,1H3,(H,10,11). The van der Waals surface area contributed by atoms with Gasteiger partial charge in [0.1, 0.15) is 12.3 Å². The summed E-state index contributed by atoms with van der Waals surface area (Å²) in [6.45, 7) is 2.03. The van der Waals surface area contributed by atoms with E-state index in [2.05, 4.69) is 15.0 Å². The zero-order valence-electron chi connectivity index (χ0n) is 6.65. The van der Waals surface area contributed by atoms with Crippen molar-refractivity contribution in [2.24, 2.45) is 0 Å². The first-order valence-electron chi connectivity index (χ1n) is 3.54. The Morgan fingerprint density at radius 3 is 3.17 bits per heavy atom. The van der Waals surface area contributed by atoms with Gasteiger partial charge in [-0.3, -0.25) is 4.79 Å². The van der Waals surface area contributed by atoms with Gasteiger partial charge < -0.3 is 14.9 Å². The van der Waals surface area contributed by atoms with Crippen molar-refractivity contribution < 1.29 is 14.4 Å². The number of nitrogens with zero attached hydrogens (tertiary/aromatic N) is 1. The van der Waals surface area contributed by atoms with Crippen molar-refractivity contribution in [3.63, 3.8) is 0 Å². The van der Waals surface area contributed by atoms with E-state index in [9.17, 15) is 4.79 Å². The molecule has 1 aromatic heterocycles. The average molecular weight is 170 g/mol. The number of aliphatic carboxylic acids is 1. The highest BCUT2D eigenvalue weighted by molar-refractivity contribution is 5.72.